The number of carbonyl (C=O) groups excluding carboxylic acids is 1. The summed E-state index contributed by atoms with van der Waals surface area (Å²) in [5.74, 6) is 1.62. The second-order valence-electron chi connectivity index (χ2n) is 6.40. The van der Waals surface area contributed by atoms with Gasteiger partial charge in [-0.3, -0.25) is 0 Å². The first-order valence-corrected chi connectivity index (χ1v) is 7.70. The van der Waals surface area contributed by atoms with Gasteiger partial charge in [0, 0.05) is 12.1 Å². The van der Waals surface area contributed by atoms with Crippen LogP contribution in [0.2, 0.25) is 0 Å². The minimum Gasteiger partial charge on any atom is -0.457 e. The van der Waals surface area contributed by atoms with Crippen LogP contribution in [0, 0.1) is 17.8 Å². The third-order valence-corrected chi connectivity index (χ3v) is 4.33. The van der Waals surface area contributed by atoms with Crippen molar-refractivity contribution < 1.29 is 14.1 Å². The molecule has 1 aromatic rings. The van der Waals surface area contributed by atoms with Crippen LogP contribution in [0.4, 0.5) is 0 Å². The zero-order valence-corrected chi connectivity index (χ0v) is 12.8. The molecule has 1 aliphatic carbocycles. The molecule has 20 heavy (non-hydrogen) atoms. The Kier molecular flexibility index (Phi) is 5.16. The van der Waals surface area contributed by atoms with Crippen molar-refractivity contribution in [3.05, 3.63) is 30.6 Å². The van der Waals surface area contributed by atoms with Gasteiger partial charge >= 0.3 is 5.97 Å². The van der Waals surface area contributed by atoms with Crippen molar-refractivity contribution in [3.63, 3.8) is 0 Å². The average molecular weight is 276 g/mol. The van der Waals surface area contributed by atoms with Crippen LogP contribution in [0.1, 0.15) is 40.0 Å². The number of ether oxygens (including phenoxy) is 1. The number of nitrogens with zero attached hydrogens (tertiary/aromatic N) is 1. The molecule has 0 unspecified atom stereocenters. The maximum atomic E-state index is 12.1. The molecule has 0 aromatic carbocycles. The summed E-state index contributed by atoms with van der Waals surface area (Å²) >= 11 is 0. The Hall–Kier alpha value is -1.38. The van der Waals surface area contributed by atoms with Crippen LogP contribution in [0.15, 0.2) is 30.6 Å². The summed E-state index contributed by atoms with van der Waals surface area (Å²) in [6.45, 7) is 7.01. The summed E-state index contributed by atoms with van der Waals surface area (Å²) < 4.78 is 7.64. The van der Waals surface area contributed by atoms with Gasteiger partial charge < -0.3 is 4.74 Å². The van der Waals surface area contributed by atoms with Crippen molar-refractivity contribution >= 4 is 5.97 Å². The molecule has 1 fully saturated rings. The van der Waals surface area contributed by atoms with Crippen LogP contribution in [0.3, 0.4) is 0 Å². The smallest absolute Gasteiger partial charge is 0.372 e. The second-order valence-corrected chi connectivity index (χ2v) is 6.40. The largest absolute Gasteiger partial charge is 0.457 e. The van der Waals surface area contributed by atoms with E-state index in [0.717, 1.165) is 6.42 Å². The number of carbonyl (C=O) groups is 1. The van der Waals surface area contributed by atoms with Gasteiger partial charge in [0.1, 0.15) is 6.10 Å². The van der Waals surface area contributed by atoms with Gasteiger partial charge in [-0.15, -0.1) is 0 Å². The molecular formula is C17H26NO2+. The van der Waals surface area contributed by atoms with Crippen LogP contribution >= 0.6 is 0 Å². The van der Waals surface area contributed by atoms with Crippen molar-refractivity contribution in [1.82, 2.24) is 0 Å². The Bertz CT molecular complexity index is 430. The van der Waals surface area contributed by atoms with E-state index in [-0.39, 0.29) is 12.1 Å². The van der Waals surface area contributed by atoms with Gasteiger partial charge in [-0.25, -0.2) is 4.79 Å². The van der Waals surface area contributed by atoms with Gasteiger partial charge in [0.15, 0.2) is 12.4 Å². The van der Waals surface area contributed by atoms with Gasteiger partial charge in [-0.2, -0.15) is 4.57 Å². The fourth-order valence-corrected chi connectivity index (χ4v) is 3.15. The number of aromatic nitrogens is 1. The molecule has 0 radical (unpaired) electrons. The molecule has 1 aromatic heterocycles. The molecule has 0 N–H and O–H groups in total. The Balaban J connectivity index is 1.94. The predicted octanol–water partition coefficient (Wildman–Crippen LogP) is 2.98. The van der Waals surface area contributed by atoms with E-state index in [1.807, 2.05) is 35.2 Å². The predicted molar refractivity (Wildman–Crippen MR) is 77.9 cm³/mol. The molecule has 3 atom stereocenters. The van der Waals surface area contributed by atoms with E-state index >= 15 is 0 Å². The monoisotopic (exact) mass is 276 g/mol. The van der Waals surface area contributed by atoms with Crippen LogP contribution in [-0.2, 0) is 16.1 Å². The molecule has 0 bridgehead atoms. The quantitative estimate of drug-likeness (QED) is 0.625. The highest BCUT2D eigenvalue weighted by molar-refractivity contribution is 5.67. The molecule has 0 amide bonds. The van der Waals surface area contributed by atoms with Crippen molar-refractivity contribution in [3.8, 4) is 0 Å². The summed E-state index contributed by atoms with van der Waals surface area (Å²) in [6, 6.07) is 5.79. The third-order valence-electron chi connectivity index (χ3n) is 4.33. The van der Waals surface area contributed by atoms with Crippen LogP contribution < -0.4 is 4.57 Å². The summed E-state index contributed by atoms with van der Waals surface area (Å²) in [5, 5.41) is 0. The summed E-state index contributed by atoms with van der Waals surface area (Å²) in [5.41, 5.74) is 0. The molecule has 1 saturated carbocycles. The van der Waals surface area contributed by atoms with E-state index in [1.165, 1.54) is 12.8 Å². The molecule has 1 heterocycles. The summed E-state index contributed by atoms with van der Waals surface area (Å²) in [6.07, 6.45) is 7.32. The Morgan fingerprint density at radius 3 is 2.60 bits per heavy atom. The van der Waals surface area contributed by atoms with E-state index < -0.39 is 0 Å². The maximum absolute atomic E-state index is 12.1. The zero-order valence-electron chi connectivity index (χ0n) is 12.8. The molecule has 0 aliphatic heterocycles. The van der Waals surface area contributed by atoms with Crippen LogP contribution in [0.5, 0.6) is 0 Å². The summed E-state index contributed by atoms with van der Waals surface area (Å²) in [7, 11) is 0. The van der Waals surface area contributed by atoms with E-state index in [9.17, 15) is 4.79 Å². The summed E-state index contributed by atoms with van der Waals surface area (Å²) in [4.78, 5) is 12.1. The van der Waals surface area contributed by atoms with Gasteiger partial charge in [0.05, 0.1) is 0 Å². The number of rotatable bonds is 4. The number of hydrogen-bond donors (Lipinski definition) is 0. The highest BCUT2D eigenvalue weighted by atomic mass is 16.5. The second kappa shape index (κ2) is 6.87. The Labute approximate surface area is 122 Å². The number of esters is 1. The molecule has 1 aliphatic rings. The molecule has 3 heteroatoms. The first-order chi connectivity index (χ1) is 9.56. The van der Waals surface area contributed by atoms with Crippen molar-refractivity contribution in [2.45, 2.75) is 52.7 Å². The lowest BCUT2D eigenvalue weighted by Gasteiger charge is -2.36. The highest BCUT2D eigenvalue weighted by Crippen LogP contribution is 2.35. The lowest BCUT2D eigenvalue weighted by Crippen LogP contribution is -2.42. The lowest BCUT2D eigenvalue weighted by atomic mass is 9.75. The van der Waals surface area contributed by atoms with Crippen molar-refractivity contribution in [2.75, 3.05) is 0 Å². The maximum Gasteiger partial charge on any atom is 0.372 e. The molecule has 3 nitrogen and oxygen atoms in total. The van der Waals surface area contributed by atoms with E-state index in [0.29, 0.717) is 24.3 Å². The highest BCUT2D eigenvalue weighted by Gasteiger charge is 2.33. The molecule has 0 saturated heterocycles. The van der Waals surface area contributed by atoms with Crippen molar-refractivity contribution in [1.29, 1.82) is 0 Å². The molecule has 2 rings (SSSR count). The Morgan fingerprint density at radius 1 is 1.25 bits per heavy atom. The molecular weight excluding hydrogens is 250 g/mol. The van der Waals surface area contributed by atoms with Gasteiger partial charge in [-0.05, 0) is 30.6 Å². The topological polar surface area (TPSA) is 30.2 Å². The van der Waals surface area contributed by atoms with E-state index in [4.69, 9.17) is 4.74 Å². The van der Waals surface area contributed by atoms with Gasteiger partial charge in [-0.1, -0.05) is 33.3 Å². The van der Waals surface area contributed by atoms with Crippen molar-refractivity contribution in [2.24, 2.45) is 17.8 Å². The average Bonchev–Trinajstić information content (AvgIpc) is 2.39. The third kappa shape index (κ3) is 4.06. The minimum absolute atomic E-state index is 0.0931. The van der Waals surface area contributed by atoms with Crippen LogP contribution in [0.25, 0.3) is 0 Å². The minimum atomic E-state index is -0.119. The molecule has 110 valence electrons. The zero-order chi connectivity index (χ0) is 14.5. The SMILES string of the molecule is CC(C)[C@H]1CC[C@@H](C)C[C@H]1OC(=O)C[n+]1ccccc1. The van der Waals surface area contributed by atoms with E-state index in [2.05, 4.69) is 20.8 Å². The van der Waals surface area contributed by atoms with Crippen LogP contribution in [-0.4, -0.2) is 12.1 Å². The number of pyridine rings is 1. The lowest BCUT2D eigenvalue weighted by molar-refractivity contribution is -0.686. The van der Waals surface area contributed by atoms with Gasteiger partial charge in [0.25, 0.3) is 0 Å². The first kappa shape index (κ1) is 15.0. The van der Waals surface area contributed by atoms with E-state index in [1.54, 1.807) is 0 Å². The fraction of sp³-hybridized carbons (Fsp3) is 0.647. The molecule has 0 spiro atoms. The Morgan fingerprint density at radius 2 is 1.95 bits per heavy atom. The first-order valence-electron chi connectivity index (χ1n) is 7.70. The normalized spacial score (nSPS) is 26.5. The standard InChI is InChI=1S/C17H26NO2/c1-13(2)15-8-7-14(3)11-16(15)20-17(19)12-18-9-5-4-6-10-18/h4-6,9-10,13-16H,7-8,11-12H2,1-3H3/q+1/t14-,15-,16-/m1/s1. The number of hydrogen-bond acceptors (Lipinski definition) is 2. The van der Waals surface area contributed by atoms with Gasteiger partial charge in [0.2, 0.25) is 6.54 Å². The fourth-order valence-electron chi connectivity index (χ4n) is 3.15.